The minimum Gasteiger partial charge on any atom is -0.352 e. The minimum atomic E-state index is -0.448. The Morgan fingerprint density at radius 3 is 2.47 bits per heavy atom. The molecule has 0 aliphatic heterocycles. The smallest absolute Gasteiger partial charge is 0.243 e. The summed E-state index contributed by atoms with van der Waals surface area (Å²) in [5.41, 5.74) is 3.41. The zero-order chi connectivity index (χ0) is 22.9. The van der Waals surface area contributed by atoms with Crippen LogP contribution < -0.4 is 5.32 Å². The maximum Gasteiger partial charge on any atom is 0.243 e. The molecule has 6 heteroatoms. The van der Waals surface area contributed by atoms with Crippen molar-refractivity contribution in [2.75, 3.05) is 5.75 Å². The number of amides is 2. The predicted molar refractivity (Wildman–Crippen MR) is 137 cm³/mol. The lowest BCUT2D eigenvalue weighted by molar-refractivity contribution is -0.139. The van der Waals surface area contributed by atoms with Gasteiger partial charge in [-0.1, -0.05) is 72.1 Å². The van der Waals surface area contributed by atoms with Gasteiger partial charge in [0, 0.05) is 22.8 Å². The lowest BCUT2D eigenvalue weighted by Gasteiger charge is -2.32. The topological polar surface area (TPSA) is 49.4 Å². The second kappa shape index (κ2) is 12.4. The fraction of sp³-hybridized carbons (Fsp3) is 0.462. The second-order valence-corrected chi connectivity index (χ2v) is 10.4. The lowest BCUT2D eigenvalue weighted by Crippen LogP contribution is -2.51. The van der Waals surface area contributed by atoms with E-state index in [-0.39, 0.29) is 17.9 Å². The number of carbonyl (C=O) groups excluding carboxylic acids is 2. The van der Waals surface area contributed by atoms with Crippen molar-refractivity contribution in [3.8, 4) is 0 Å². The number of carbonyl (C=O) groups is 2. The van der Waals surface area contributed by atoms with Gasteiger partial charge >= 0.3 is 0 Å². The van der Waals surface area contributed by atoms with Crippen molar-refractivity contribution >= 4 is 39.5 Å². The van der Waals surface area contributed by atoms with Crippen LogP contribution in [0.4, 0.5) is 0 Å². The van der Waals surface area contributed by atoms with Crippen molar-refractivity contribution in [1.29, 1.82) is 0 Å². The van der Waals surface area contributed by atoms with Gasteiger partial charge in [-0.3, -0.25) is 9.59 Å². The zero-order valence-corrected chi connectivity index (χ0v) is 21.4. The molecule has 1 aliphatic rings. The molecule has 0 heterocycles. The molecule has 0 radical (unpaired) electrons. The van der Waals surface area contributed by atoms with Gasteiger partial charge in [0.2, 0.25) is 11.8 Å². The number of halogens is 1. The molecule has 3 rings (SSSR count). The van der Waals surface area contributed by atoms with Crippen molar-refractivity contribution in [2.45, 2.75) is 70.3 Å². The van der Waals surface area contributed by atoms with Crippen LogP contribution in [0.1, 0.15) is 55.7 Å². The summed E-state index contributed by atoms with van der Waals surface area (Å²) in [5, 5.41) is 3.21. The first-order chi connectivity index (χ1) is 15.5. The van der Waals surface area contributed by atoms with E-state index in [1.807, 2.05) is 37.3 Å². The summed E-state index contributed by atoms with van der Waals surface area (Å²) in [6.07, 6.45) is 5.02. The highest BCUT2D eigenvalue weighted by Gasteiger charge is 2.30. The van der Waals surface area contributed by atoms with E-state index < -0.39 is 6.04 Å². The predicted octanol–water partition coefficient (Wildman–Crippen LogP) is 5.86. The SMILES string of the molecule is CC[C@H](C(=O)NC1CCCC1)N(Cc1ccccc1C)C(=O)CSCc1ccc(Br)cc1. The van der Waals surface area contributed by atoms with Gasteiger partial charge in [0.25, 0.3) is 0 Å². The largest absolute Gasteiger partial charge is 0.352 e. The molecular formula is C26H33BrN2O2S. The number of hydrogen-bond donors (Lipinski definition) is 1. The summed E-state index contributed by atoms with van der Waals surface area (Å²) in [6, 6.07) is 16.1. The number of nitrogens with zero attached hydrogens (tertiary/aromatic N) is 1. The molecule has 0 bridgehead atoms. The van der Waals surface area contributed by atoms with Crippen molar-refractivity contribution in [1.82, 2.24) is 10.2 Å². The van der Waals surface area contributed by atoms with Crippen LogP contribution in [-0.2, 0) is 21.9 Å². The highest BCUT2D eigenvalue weighted by Crippen LogP contribution is 2.21. The van der Waals surface area contributed by atoms with Crippen LogP contribution in [0.15, 0.2) is 53.0 Å². The van der Waals surface area contributed by atoms with E-state index in [1.165, 1.54) is 18.4 Å². The van der Waals surface area contributed by atoms with E-state index >= 15 is 0 Å². The third-order valence-electron chi connectivity index (χ3n) is 6.10. The molecule has 2 aromatic carbocycles. The number of rotatable bonds is 10. The first-order valence-corrected chi connectivity index (χ1v) is 13.4. The Morgan fingerprint density at radius 1 is 1.12 bits per heavy atom. The number of thioether (sulfide) groups is 1. The van der Waals surface area contributed by atoms with Gasteiger partial charge in [0.05, 0.1) is 5.75 Å². The summed E-state index contributed by atoms with van der Waals surface area (Å²) in [7, 11) is 0. The quantitative estimate of drug-likeness (QED) is 0.430. The number of benzene rings is 2. The molecule has 1 aliphatic carbocycles. The van der Waals surface area contributed by atoms with E-state index in [4.69, 9.17) is 0 Å². The van der Waals surface area contributed by atoms with Gasteiger partial charge in [-0.25, -0.2) is 0 Å². The molecule has 32 heavy (non-hydrogen) atoms. The van der Waals surface area contributed by atoms with Crippen molar-refractivity contribution < 1.29 is 9.59 Å². The van der Waals surface area contributed by atoms with Gasteiger partial charge in [-0.05, 0) is 55.0 Å². The molecule has 0 saturated heterocycles. The van der Waals surface area contributed by atoms with E-state index in [0.29, 0.717) is 18.7 Å². The molecule has 4 nitrogen and oxygen atoms in total. The Hall–Kier alpha value is -1.79. The average molecular weight is 518 g/mol. The van der Waals surface area contributed by atoms with E-state index in [2.05, 4.69) is 46.4 Å². The standard InChI is InChI=1S/C26H33BrN2O2S/c1-3-24(26(31)28-23-10-6-7-11-23)29(16-21-9-5-4-8-19(21)2)25(30)18-32-17-20-12-14-22(27)15-13-20/h4-5,8-9,12-15,23-24H,3,6-7,10-11,16-18H2,1-2H3,(H,28,31)/t24-/m1/s1. The van der Waals surface area contributed by atoms with Gasteiger partial charge in [0.15, 0.2) is 0 Å². The molecular weight excluding hydrogens is 484 g/mol. The minimum absolute atomic E-state index is 0.0146. The molecule has 0 unspecified atom stereocenters. The molecule has 2 aromatic rings. The number of hydrogen-bond acceptors (Lipinski definition) is 3. The molecule has 0 spiro atoms. The van der Waals surface area contributed by atoms with Crippen LogP contribution in [0, 0.1) is 6.92 Å². The third-order valence-corrected chi connectivity index (χ3v) is 7.61. The molecule has 0 aromatic heterocycles. The maximum atomic E-state index is 13.4. The van der Waals surface area contributed by atoms with Crippen LogP contribution in [0.25, 0.3) is 0 Å². The summed E-state index contributed by atoms with van der Waals surface area (Å²) in [6.45, 7) is 4.51. The summed E-state index contributed by atoms with van der Waals surface area (Å²) < 4.78 is 1.05. The second-order valence-electron chi connectivity index (χ2n) is 8.48. The monoisotopic (exact) mass is 516 g/mol. The molecule has 1 N–H and O–H groups in total. The van der Waals surface area contributed by atoms with Crippen LogP contribution in [0.3, 0.4) is 0 Å². The van der Waals surface area contributed by atoms with Crippen molar-refractivity contribution in [3.63, 3.8) is 0 Å². The van der Waals surface area contributed by atoms with Crippen molar-refractivity contribution in [3.05, 3.63) is 69.7 Å². The fourth-order valence-electron chi connectivity index (χ4n) is 4.18. The Kier molecular flexibility index (Phi) is 9.67. The lowest BCUT2D eigenvalue weighted by atomic mass is 10.1. The normalized spacial score (nSPS) is 14.8. The van der Waals surface area contributed by atoms with Gasteiger partial charge in [0.1, 0.15) is 6.04 Å². The Labute approximate surface area is 204 Å². The highest BCUT2D eigenvalue weighted by molar-refractivity contribution is 9.10. The van der Waals surface area contributed by atoms with E-state index in [1.54, 1.807) is 16.7 Å². The summed E-state index contributed by atoms with van der Waals surface area (Å²) in [4.78, 5) is 28.3. The Balaban J connectivity index is 1.70. The first-order valence-electron chi connectivity index (χ1n) is 11.4. The highest BCUT2D eigenvalue weighted by atomic mass is 79.9. The summed E-state index contributed by atoms with van der Waals surface area (Å²) >= 11 is 5.05. The average Bonchev–Trinajstić information content (AvgIpc) is 3.29. The van der Waals surface area contributed by atoms with Crippen LogP contribution in [0.5, 0.6) is 0 Å². The third kappa shape index (κ3) is 7.11. The Bertz CT molecular complexity index is 897. The molecule has 1 saturated carbocycles. The molecule has 1 atom stereocenters. The maximum absolute atomic E-state index is 13.4. The van der Waals surface area contributed by atoms with Crippen molar-refractivity contribution in [2.24, 2.45) is 0 Å². The zero-order valence-electron chi connectivity index (χ0n) is 19.0. The van der Waals surface area contributed by atoms with Crippen LogP contribution in [-0.4, -0.2) is 34.6 Å². The number of nitrogens with one attached hydrogen (secondary N) is 1. The van der Waals surface area contributed by atoms with Gasteiger partial charge in [-0.15, -0.1) is 11.8 Å². The van der Waals surface area contributed by atoms with Crippen LogP contribution in [0.2, 0.25) is 0 Å². The number of aryl methyl sites for hydroxylation is 1. The van der Waals surface area contributed by atoms with Crippen LogP contribution >= 0.6 is 27.7 Å². The van der Waals surface area contributed by atoms with E-state index in [0.717, 1.165) is 34.2 Å². The first kappa shape index (κ1) is 24.8. The van der Waals surface area contributed by atoms with E-state index in [9.17, 15) is 9.59 Å². The molecule has 1 fully saturated rings. The Morgan fingerprint density at radius 2 is 1.81 bits per heavy atom. The van der Waals surface area contributed by atoms with Gasteiger partial charge in [-0.2, -0.15) is 0 Å². The fourth-order valence-corrected chi connectivity index (χ4v) is 5.31. The summed E-state index contributed by atoms with van der Waals surface area (Å²) in [5.74, 6) is 1.13. The van der Waals surface area contributed by atoms with Gasteiger partial charge < -0.3 is 10.2 Å². The molecule has 2 amide bonds. The molecule has 172 valence electrons.